The Morgan fingerprint density at radius 3 is 3.17 bits per heavy atom. The lowest BCUT2D eigenvalue weighted by atomic mass is 10.2. The van der Waals surface area contributed by atoms with E-state index in [1.165, 1.54) is 0 Å². The first kappa shape index (κ1) is 7.58. The van der Waals surface area contributed by atoms with Crippen molar-refractivity contribution in [2.75, 3.05) is 5.32 Å². The quantitative estimate of drug-likeness (QED) is 0.636. The van der Waals surface area contributed by atoms with Crippen LogP contribution in [-0.4, -0.2) is 12.5 Å². The Hall–Kier alpha value is -1.06. The third-order valence-corrected chi connectivity index (χ3v) is 1.93. The summed E-state index contributed by atoms with van der Waals surface area (Å²) in [5.41, 5.74) is 7.50. The maximum atomic E-state index is 5.80. The lowest BCUT2D eigenvalue weighted by Crippen LogP contribution is -2.30. The zero-order chi connectivity index (χ0) is 8.55. The van der Waals surface area contributed by atoms with Gasteiger partial charge in [0.2, 0.25) is 0 Å². The number of fused-ring (bicyclic) bond motifs is 1. The minimum Gasteiger partial charge on any atom is -0.351 e. The topological polar surface area (TPSA) is 50.4 Å². The highest BCUT2D eigenvalue weighted by atomic mass is 35.5. The highest BCUT2D eigenvalue weighted by Gasteiger charge is 2.08. The van der Waals surface area contributed by atoms with E-state index in [1.807, 2.05) is 18.2 Å². The molecule has 0 bridgehead atoms. The molecule has 1 aromatic rings. The van der Waals surface area contributed by atoms with Crippen molar-refractivity contribution in [3.8, 4) is 0 Å². The first-order valence-corrected chi connectivity index (χ1v) is 3.98. The van der Waals surface area contributed by atoms with Gasteiger partial charge in [0.15, 0.2) is 6.29 Å². The van der Waals surface area contributed by atoms with Gasteiger partial charge in [-0.3, -0.25) is 10.7 Å². The van der Waals surface area contributed by atoms with Crippen LogP contribution in [0.25, 0.3) is 0 Å². The van der Waals surface area contributed by atoms with Gasteiger partial charge in [0.05, 0.1) is 0 Å². The number of hydrogen-bond acceptors (Lipinski definition) is 3. The maximum absolute atomic E-state index is 5.80. The van der Waals surface area contributed by atoms with Crippen LogP contribution in [0.5, 0.6) is 0 Å². The number of aliphatic imine (C=N–C) groups is 1. The van der Waals surface area contributed by atoms with Gasteiger partial charge >= 0.3 is 0 Å². The predicted octanol–water partition coefficient (Wildman–Crippen LogP) is 1.43. The van der Waals surface area contributed by atoms with Crippen LogP contribution in [0.2, 0.25) is 5.02 Å². The first-order valence-electron chi connectivity index (χ1n) is 3.60. The van der Waals surface area contributed by atoms with E-state index < -0.39 is 0 Å². The number of anilines is 1. The lowest BCUT2D eigenvalue weighted by Gasteiger charge is -2.17. The fourth-order valence-electron chi connectivity index (χ4n) is 1.12. The van der Waals surface area contributed by atoms with E-state index in [0.717, 1.165) is 11.3 Å². The fraction of sp³-hybridized carbons (Fsp3) is 0.125. The summed E-state index contributed by atoms with van der Waals surface area (Å²) in [4.78, 5) is 4.00. The van der Waals surface area contributed by atoms with Crippen LogP contribution >= 0.6 is 11.6 Å². The van der Waals surface area contributed by atoms with Crippen LogP contribution in [0.3, 0.4) is 0 Å². The molecule has 0 saturated carbocycles. The molecule has 0 spiro atoms. The van der Waals surface area contributed by atoms with E-state index in [1.54, 1.807) is 6.21 Å². The third kappa shape index (κ3) is 1.29. The zero-order valence-corrected chi connectivity index (χ0v) is 7.05. The van der Waals surface area contributed by atoms with Gasteiger partial charge in [-0.15, -0.1) is 0 Å². The van der Waals surface area contributed by atoms with Crippen molar-refractivity contribution in [1.82, 2.24) is 0 Å². The highest BCUT2D eigenvalue weighted by Crippen LogP contribution is 2.22. The molecule has 1 unspecified atom stereocenters. The van der Waals surface area contributed by atoms with Crippen LogP contribution in [0.15, 0.2) is 23.2 Å². The molecule has 2 rings (SSSR count). The molecule has 1 aromatic carbocycles. The summed E-state index contributed by atoms with van der Waals surface area (Å²) < 4.78 is 0. The Morgan fingerprint density at radius 2 is 2.33 bits per heavy atom. The number of hydrogen-bond donors (Lipinski definition) is 2. The van der Waals surface area contributed by atoms with Gasteiger partial charge < -0.3 is 5.32 Å². The summed E-state index contributed by atoms with van der Waals surface area (Å²) in [5.74, 6) is 0. The summed E-state index contributed by atoms with van der Waals surface area (Å²) in [6.45, 7) is 0. The number of benzene rings is 1. The van der Waals surface area contributed by atoms with E-state index in [9.17, 15) is 0 Å². The van der Waals surface area contributed by atoms with E-state index in [4.69, 9.17) is 17.3 Å². The van der Waals surface area contributed by atoms with Gasteiger partial charge in [0.1, 0.15) is 0 Å². The van der Waals surface area contributed by atoms with Crippen molar-refractivity contribution in [1.29, 1.82) is 0 Å². The fourth-order valence-corrected chi connectivity index (χ4v) is 1.30. The molecule has 1 aliphatic heterocycles. The second-order valence-corrected chi connectivity index (χ2v) is 3.04. The normalized spacial score (nSPS) is 20.0. The number of nitrogens with two attached hydrogens (primary N) is 1. The molecule has 0 radical (unpaired) electrons. The van der Waals surface area contributed by atoms with Gasteiger partial charge in [-0.25, -0.2) is 0 Å². The average molecular weight is 182 g/mol. The van der Waals surface area contributed by atoms with E-state index in [2.05, 4.69) is 10.3 Å². The van der Waals surface area contributed by atoms with Crippen molar-refractivity contribution in [2.24, 2.45) is 10.7 Å². The van der Waals surface area contributed by atoms with Gasteiger partial charge in [-0.05, 0) is 18.2 Å². The van der Waals surface area contributed by atoms with Crippen LogP contribution in [0.4, 0.5) is 5.69 Å². The van der Waals surface area contributed by atoms with Crippen molar-refractivity contribution in [3.63, 3.8) is 0 Å². The highest BCUT2D eigenvalue weighted by molar-refractivity contribution is 6.31. The monoisotopic (exact) mass is 181 g/mol. The van der Waals surface area contributed by atoms with Crippen molar-refractivity contribution < 1.29 is 0 Å². The summed E-state index contributed by atoms with van der Waals surface area (Å²) in [6, 6.07) is 5.56. The van der Waals surface area contributed by atoms with Gasteiger partial charge in [0.25, 0.3) is 0 Å². The molecule has 0 saturated heterocycles. The number of halogens is 1. The molecule has 0 aliphatic carbocycles. The largest absolute Gasteiger partial charge is 0.351 e. The smallest absolute Gasteiger partial charge is 0.171 e. The number of nitrogens with one attached hydrogen (secondary N) is 1. The molecule has 3 nitrogen and oxygen atoms in total. The van der Waals surface area contributed by atoms with E-state index >= 15 is 0 Å². The first-order chi connectivity index (χ1) is 5.75. The van der Waals surface area contributed by atoms with Crippen LogP contribution in [-0.2, 0) is 0 Å². The second kappa shape index (κ2) is 2.77. The van der Waals surface area contributed by atoms with Gasteiger partial charge in [-0.1, -0.05) is 11.6 Å². The van der Waals surface area contributed by atoms with Crippen molar-refractivity contribution in [3.05, 3.63) is 28.8 Å². The lowest BCUT2D eigenvalue weighted by molar-refractivity contribution is 0.806. The SMILES string of the molecule is NC1N=Cc2ccc(Cl)cc2N1. The molecule has 1 atom stereocenters. The number of nitrogens with zero attached hydrogens (tertiary/aromatic N) is 1. The predicted molar refractivity (Wildman–Crippen MR) is 50.6 cm³/mol. The Bertz CT molecular complexity index is 335. The third-order valence-electron chi connectivity index (χ3n) is 1.69. The zero-order valence-electron chi connectivity index (χ0n) is 6.29. The van der Waals surface area contributed by atoms with Crippen molar-refractivity contribution in [2.45, 2.75) is 6.29 Å². The standard InChI is InChI=1S/C8H8ClN3/c9-6-2-1-5-4-11-8(10)12-7(5)3-6/h1-4,8,12H,10H2. The van der Waals surface area contributed by atoms with Crippen LogP contribution < -0.4 is 11.1 Å². The van der Waals surface area contributed by atoms with Crippen LogP contribution in [0, 0.1) is 0 Å². The molecule has 1 heterocycles. The minimum atomic E-state index is -0.351. The molecule has 1 aliphatic rings. The summed E-state index contributed by atoms with van der Waals surface area (Å²) >= 11 is 5.80. The van der Waals surface area contributed by atoms with E-state index in [-0.39, 0.29) is 6.29 Å². The summed E-state index contributed by atoms with van der Waals surface area (Å²) in [7, 11) is 0. The second-order valence-electron chi connectivity index (χ2n) is 2.60. The molecule has 0 aromatic heterocycles. The number of rotatable bonds is 0. The maximum Gasteiger partial charge on any atom is 0.171 e. The van der Waals surface area contributed by atoms with Gasteiger partial charge in [0, 0.05) is 22.5 Å². The summed E-state index contributed by atoms with van der Waals surface area (Å²) in [5, 5.41) is 3.69. The van der Waals surface area contributed by atoms with Crippen molar-refractivity contribution >= 4 is 23.5 Å². The Labute approximate surface area is 75.2 Å². The Balaban J connectivity index is 2.47. The summed E-state index contributed by atoms with van der Waals surface area (Å²) in [6.07, 6.45) is 1.39. The van der Waals surface area contributed by atoms with Crippen LogP contribution in [0.1, 0.15) is 5.56 Å². The molecule has 3 N–H and O–H groups in total. The minimum absolute atomic E-state index is 0.351. The van der Waals surface area contributed by atoms with Gasteiger partial charge in [-0.2, -0.15) is 0 Å². The Kier molecular flexibility index (Phi) is 1.75. The molecular weight excluding hydrogens is 174 g/mol. The molecule has 0 amide bonds. The molecule has 62 valence electrons. The van der Waals surface area contributed by atoms with E-state index in [0.29, 0.717) is 5.02 Å². The average Bonchev–Trinajstić information content (AvgIpc) is 2.03. The molecule has 4 heteroatoms. The molecule has 12 heavy (non-hydrogen) atoms. The molecule has 0 fully saturated rings. The molecular formula is C8H8ClN3. The Morgan fingerprint density at radius 1 is 1.50 bits per heavy atom.